The Labute approximate surface area is 201 Å². The first-order valence-electron chi connectivity index (χ1n) is 11.0. The van der Waals surface area contributed by atoms with E-state index >= 15 is 0 Å². The number of nitrogens with zero attached hydrogens (tertiary/aromatic N) is 3. The fraction of sp³-hybridized carbons (Fsp3) is 0.240. The SMILES string of the molecule is Cc1occc1-c1nnc(SCC(=O)Nc2ccc3c(c2)OCCCO3)n1Cc1ccccc1. The van der Waals surface area contributed by atoms with Crippen molar-refractivity contribution in [2.75, 3.05) is 24.3 Å². The van der Waals surface area contributed by atoms with Gasteiger partial charge in [0.15, 0.2) is 22.5 Å². The molecule has 0 spiro atoms. The van der Waals surface area contributed by atoms with Crippen LogP contribution in [0.5, 0.6) is 11.5 Å². The number of fused-ring (bicyclic) bond motifs is 1. The second-order valence-electron chi connectivity index (χ2n) is 7.82. The van der Waals surface area contributed by atoms with E-state index in [1.807, 2.05) is 47.9 Å². The number of carbonyl (C=O) groups is 1. The van der Waals surface area contributed by atoms with Gasteiger partial charge in [0.1, 0.15) is 5.76 Å². The Morgan fingerprint density at radius 3 is 2.68 bits per heavy atom. The molecule has 0 saturated carbocycles. The highest BCUT2D eigenvalue weighted by Gasteiger charge is 2.19. The zero-order chi connectivity index (χ0) is 23.3. The van der Waals surface area contributed by atoms with Crippen molar-refractivity contribution in [1.29, 1.82) is 0 Å². The summed E-state index contributed by atoms with van der Waals surface area (Å²) in [6, 6.07) is 17.4. The normalized spacial score (nSPS) is 12.9. The third-order valence-corrected chi connectivity index (χ3v) is 6.33. The molecular formula is C25H24N4O4S. The Morgan fingerprint density at radius 1 is 1.06 bits per heavy atom. The van der Waals surface area contributed by atoms with Crippen LogP contribution in [0.15, 0.2) is 70.4 Å². The number of aromatic nitrogens is 3. The lowest BCUT2D eigenvalue weighted by Gasteiger charge is -2.11. The van der Waals surface area contributed by atoms with Gasteiger partial charge in [0.2, 0.25) is 5.91 Å². The average molecular weight is 477 g/mol. The predicted octanol–water partition coefficient (Wildman–Crippen LogP) is 4.79. The van der Waals surface area contributed by atoms with Crippen molar-refractivity contribution in [1.82, 2.24) is 14.8 Å². The average Bonchev–Trinajstić information content (AvgIpc) is 3.36. The van der Waals surface area contributed by atoms with Gasteiger partial charge in [0.25, 0.3) is 0 Å². The summed E-state index contributed by atoms with van der Waals surface area (Å²) in [5, 5.41) is 12.4. The van der Waals surface area contributed by atoms with Crippen LogP contribution in [0.1, 0.15) is 17.7 Å². The van der Waals surface area contributed by atoms with E-state index in [4.69, 9.17) is 13.9 Å². The number of nitrogens with one attached hydrogen (secondary N) is 1. The molecule has 0 atom stereocenters. The molecule has 5 rings (SSSR count). The minimum atomic E-state index is -0.144. The number of furan rings is 1. The maximum Gasteiger partial charge on any atom is 0.234 e. The van der Waals surface area contributed by atoms with Gasteiger partial charge >= 0.3 is 0 Å². The molecule has 0 radical (unpaired) electrons. The second-order valence-corrected chi connectivity index (χ2v) is 8.76. The Balaban J connectivity index is 1.31. The predicted molar refractivity (Wildman–Crippen MR) is 129 cm³/mol. The molecule has 174 valence electrons. The van der Waals surface area contributed by atoms with Gasteiger partial charge in [-0.05, 0) is 30.7 Å². The van der Waals surface area contributed by atoms with Crippen molar-refractivity contribution in [2.45, 2.75) is 25.0 Å². The number of hydrogen-bond acceptors (Lipinski definition) is 7. The molecule has 1 aliphatic heterocycles. The largest absolute Gasteiger partial charge is 0.490 e. The smallest absolute Gasteiger partial charge is 0.234 e. The number of carbonyl (C=O) groups excluding carboxylic acids is 1. The monoisotopic (exact) mass is 476 g/mol. The van der Waals surface area contributed by atoms with Crippen LogP contribution in [0.3, 0.4) is 0 Å². The number of benzene rings is 2. The van der Waals surface area contributed by atoms with Crippen molar-refractivity contribution < 1.29 is 18.7 Å². The quantitative estimate of drug-likeness (QED) is 0.384. The molecule has 3 heterocycles. The maximum atomic E-state index is 12.7. The second kappa shape index (κ2) is 10.0. The van der Waals surface area contributed by atoms with Crippen molar-refractivity contribution in [2.24, 2.45) is 0 Å². The maximum absolute atomic E-state index is 12.7. The summed E-state index contributed by atoms with van der Waals surface area (Å²) in [6.07, 6.45) is 2.47. The molecule has 1 aliphatic rings. The molecule has 9 heteroatoms. The Bertz CT molecular complexity index is 1290. The standard InChI is InChI=1S/C25H24N4O4S/c1-17-20(10-13-31-17)24-27-28-25(29(24)15-18-6-3-2-4-7-18)34-16-23(30)26-19-8-9-21-22(14-19)33-12-5-11-32-21/h2-4,6-10,13-14H,5,11-12,15-16H2,1H3,(H,26,30). The van der Waals surface area contributed by atoms with Gasteiger partial charge in [-0.2, -0.15) is 0 Å². The molecular weight excluding hydrogens is 452 g/mol. The highest BCUT2D eigenvalue weighted by molar-refractivity contribution is 7.99. The third-order valence-electron chi connectivity index (χ3n) is 5.36. The summed E-state index contributed by atoms with van der Waals surface area (Å²) in [5.41, 5.74) is 2.66. The van der Waals surface area contributed by atoms with E-state index in [0.717, 1.165) is 23.3 Å². The molecule has 1 N–H and O–H groups in total. The molecule has 0 bridgehead atoms. The lowest BCUT2D eigenvalue weighted by Crippen LogP contribution is -2.15. The minimum Gasteiger partial charge on any atom is -0.490 e. The molecule has 4 aromatic rings. The molecule has 34 heavy (non-hydrogen) atoms. The van der Waals surface area contributed by atoms with Crippen LogP contribution in [0.2, 0.25) is 0 Å². The number of thioether (sulfide) groups is 1. The summed E-state index contributed by atoms with van der Waals surface area (Å²) >= 11 is 1.34. The van der Waals surface area contributed by atoms with E-state index in [-0.39, 0.29) is 11.7 Å². The topological polar surface area (TPSA) is 91.4 Å². The van der Waals surface area contributed by atoms with E-state index in [9.17, 15) is 4.79 Å². The van der Waals surface area contributed by atoms with E-state index in [1.54, 1.807) is 12.3 Å². The van der Waals surface area contributed by atoms with Crippen LogP contribution in [0, 0.1) is 6.92 Å². The summed E-state index contributed by atoms with van der Waals surface area (Å²) < 4.78 is 18.8. The van der Waals surface area contributed by atoms with Gasteiger partial charge in [-0.1, -0.05) is 42.1 Å². The lowest BCUT2D eigenvalue weighted by molar-refractivity contribution is -0.113. The molecule has 1 amide bonds. The van der Waals surface area contributed by atoms with Crippen molar-refractivity contribution >= 4 is 23.4 Å². The van der Waals surface area contributed by atoms with E-state index in [2.05, 4.69) is 27.6 Å². The summed E-state index contributed by atoms with van der Waals surface area (Å²) in [5.74, 6) is 2.86. The number of aryl methyl sites for hydroxylation is 1. The van der Waals surface area contributed by atoms with Gasteiger partial charge in [0, 0.05) is 18.2 Å². The number of rotatable bonds is 7. The number of anilines is 1. The first kappa shape index (κ1) is 22.1. The molecule has 8 nitrogen and oxygen atoms in total. The first-order chi connectivity index (χ1) is 16.7. The lowest BCUT2D eigenvalue weighted by atomic mass is 10.2. The highest BCUT2D eigenvalue weighted by Crippen LogP contribution is 2.32. The molecule has 0 unspecified atom stereocenters. The molecule has 0 saturated heterocycles. The minimum absolute atomic E-state index is 0.144. The van der Waals surface area contributed by atoms with Crippen LogP contribution in [0.25, 0.3) is 11.4 Å². The Kier molecular flexibility index (Phi) is 6.53. The number of ether oxygens (including phenoxy) is 2. The van der Waals surface area contributed by atoms with Gasteiger partial charge < -0.3 is 19.2 Å². The Morgan fingerprint density at radius 2 is 1.88 bits per heavy atom. The molecule has 0 fully saturated rings. The van der Waals surface area contributed by atoms with E-state index in [0.29, 0.717) is 47.9 Å². The highest BCUT2D eigenvalue weighted by atomic mass is 32.2. The van der Waals surface area contributed by atoms with Crippen LogP contribution in [-0.2, 0) is 11.3 Å². The van der Waals surface area contributed by atoms with E-state index in [1.165, 1.54) is 11.8 Å². The van der Waals surface area contributed by atoms with Gasteiger partial charge in [-0.15, -0.1) is 10.2 Å². The van der Waals surface area contributed by atoms with Gasteiger partial charge in [-0.3, -0.25) is 9.36 Å². The first-order valence-corrected chi connectivity index (χ1v) is 12.0. The fourth-order valence-corrected chi connectivity index (χ4v) is 4.43. The van der Waals surface area contributed by atoms with Crippen molar-refractivity contribution in [3.05, 3.63) is 72.2 Å². The van der Waals surface area contributed by atoms with Gasteiger partial charge in [-0.25, -0.2) is 0 Å². The van der Waals surface area contributed by atoms with Crippen LogP contribution < -0.4 is 14.8 Å². The van der Waals surface area contributed by atoms with Gasteiger partial charge in [0.05, 0.1) is 37.3 Å². The van der Waals surface area contributed by atoms with E-state index < -0.39 is 0 Å². The zero-order valence-corrected chi connectivity index (χ0v) is 19.5. The molecule has 0 aliphatic carbocycles. The number of amides is 1. The summed E-state index contributed by atoms with van der Waals surface area (Å²) in [7, 11) is 0. The summed E-state index contributed by atoms with van der Waals surface area (Å²) in [6.45, 7) is 3.70. The number of hydrogen-bond donors (Lipinski definition) is 1. The fourth-order valence-electron chi connectivity index (χ4n) is 3.69. The van der Waals surface area contributed by atoms with Crippen LogP contribution >= 0.6 is 11.8 Å². The third kappa shape index (κ3) is 4.94. The van der Waals surface area contributed by atoms with Crippen LogP contribution in [0.4, 0.5) is 5.69 Å². The van der Waals surface area contributed by atoms with Crippen molar-refractivity contribution in [3.8, 4) is 22.9 Å². The van der Waals surface area contributed by atoms with Crippen molar-refractivity contribution in [3.63, 3.8) is 0 Å². The molecule has 2 aromatic heterocycles. The Hall–Kier alpha value is -3.72. The summed E-state index contributed by atoms with van der Waals surface area (Å²) in [4.78, 5) is 12.7. The zero-order valence-electron chi connectivity index (χ0n) is 18.7. The molecule has 2 aromatic carbocycles. The van der Waals surface area contributed by atoms with Crippen LogP contribution in [-0.4, -0.2) is 39.6 Å².